The summed E-state index contributed by atoms with van der Waals surface area (Å²) in [4.78, 5) is 12.2. The molecule has 156 valence electrons. The molecule has 0 radical (unpaired) electrons. The Morgan fingerprint density at radius 3 is 2.61 bits per heavy atom. The number of carbonyl (C=O) groups is 1. The average Bonchev–Trinajstić information content (AvgIpc) is 3.13. The summed E-state index contributed by atoms with van der Waals surface area (Å²) < 4.78 is 7.82. The molecule has 0 aliphatic carbocycles. The van der Waals surface area contributed by atoms with Crippen molar-refractivity contribution in [3.8, 4) is 5.75 Å². The first-order chi connectivity index (χ1) is 15.1. The highest BCUT2D eigenvalue weighted by Gasteiger charge is 2.08. The third-order valence-corrected chi connectivity index (χ3v) is 5.32. The molecule has 1 amide bonds. The van der Waals surface area contributed by atoms with Crippen LogP contribution in [-0.2, 0) is 11.3 Å². The van der Waals surface area contributed by atoms with Gasteiger partial charge >= 0.3 is 0 Å². The summed E-state index contributed by atoms with van der Waals surface area (Å²) in [7, 11) is 0. The Morgan fingerprint density at radius 2 is 1.77 bits per heavy atom. The Morgan fingerprint density at radius 1 is 1.00 bits per heavy atom. The van der Waals surface area contributed by atoms with Crippen molar-refractivity contribution >= 4 is 23.0 Å². The molecule has 1 N–H and O–H groups in total. The summed E-state index contributed by atoms with van der Waals surface area (Å²) in [6, 6.07) is 24.3. The van der Waals surface area contributed by atoms with Crippen LogP contribution >= 0.6 is 0 Å². The smallest absolute Gasteiger partial charge is 0.277 e. The van der Waals surface area contributed by atoms with Crippen LogP contribution in [0.4, 0.5) is 0 Å². The van der Waals surface area contributed by atoms with Gasteiger partial charge in [-0.3, -0.25) is 4.79 Å². The molecular formula is C26H25N3O2. The lowest BCUT2D eigenvalue weighted by Crippen LogP contribution is -2.24. The predicted molar refractivity (Wildman–Crippen MR) is 125 cm³/mol. The van der Waals surface area contributed by atoms with Crippen molar-refractivity contribution in [1.29, 1.82) is 0 Å². The molecule has 0 aliphatic heterocycles. The number of para-hydroxylation sites is 1. The van der Waals surface area contributed by atoms with Gasteiger partial charge in [-0.25, -0.2) is 5.43 Å². The maximum absolute atomic E-state index is 12.2. The Labute approximate surface area is 182 Å². The number of fused-ring (bicyclic) bond motifs is 1. The lowest BCUT2D eigenvalue weighted by atomic mass is 10.1. The van der Waals surface area contributed by atoms with Gasteiger partial charge in [-0.05, 0) is 42.7 Å². The predicted octanol–water partition coefficient (Wildman–Crippen LogP) is 4.84. The number of nitrogens with one attached hydrogen (secondary N) is 1. The normalized spacial score (nSPS) is 11.2. The van der Waals surface area contributed by atoms with Crippen molar-refractivity contribution < 1.29 is 9.53 Å². The number of amides is 1. The summed E-state index contributed by atoms with van der Waals surface area (Å²) >= 11 is 0. The molecule has 0 fully saturated rings. The quantitative estimate of drug-likeness (QED) is 0.350. The van der Waals surface area contributed by atoms with Gasteiger partial charge in [0.15, 0.2) is 6.61 Å². The van der Waals surface area contributed by atoms with Gasteiger partial charge in [-0.1, -0.05) is 60.7 Å². The topological polar surface area (TPSA) is 55.6 Å². The van der Waals surface area contributed by atoms with E-state index in [1.54, 1.807) is 6.21 Å². The fourth-order valence-corrected chi connectivity index (χ4v) is 3.52. The van der Waals surface area contributed by atoms with Crippen LogP contribution in [0.25, 0.3) is 10.9 Å². The fourth-order valence-electron chi connectivity index (χ4n) is 3.52. The van der Waals surface area contributed by atoms with E-state index >= 15 is 0 Å². The second-order valence-electron chi connectivity index (χ2n) is 7.49. The number of nitrogens with zero attached hydrogens (tertiary/aromatic N) is 2. The van der Waals surface area contributed by atoms with Crippen LogP contribution in [0.15, 0.2) is 84.1 Å². The molecule has 0 saturated carbocycles. The van der Waals surface area contributed by atoms with Crippen LogP contribution < -0.4 is 10.2 Å². The minimum absolute atomic E-state index is 0.0859. The number of hydrazone groups is 1. The highest BCUT2D eigenvalue weighted by molar-refractivity contribution is 5.99. The maximum Gasteiger partial charge on any atom is 0.277 e. The summed E-state index contributed by atoms with van der Waals surface area (Å²) in [6.07, 6.45) is 3.74. The van der Waals surface area contributed by atoms with E-state index in [2.05, 4.69) is 45.6 Å². The lowest BCUT2D eigenvalue weighted by molar-refractivity contribution is -0.123. The van der Waals surface area contributed by atoms with Crippen LogP contribution in [0.1, 0.15) is 22.3 Å². The molecule has 0 aliphatic rings. The van der Waals surface area contributed by atoms with Gasteiger partial charge in [0, 0.05) is 29.2 Å². The van der Waals surface area contributed by atoms with E-state index in [0.717, 1.165) is 34.1 Å². The van der Waals surface area contributed by atoms with Crippen molar-refractivity contribution in [2.75, 3.05) is 6.61 Å². The van der Waals surface area contributed by atoms with E-state index in [-0.39, 0.29) is 12.5 Å². The number of hydrogen-bond acceptors (Lipinski definition) is 3. The van der Waals surface area contributed by atoms with E-state index in [9.17, 15) is 4.79 Å². The molecule has 4 aromatic rings. The fraction of sp³-hybridized carbons (Fsp3) is 0.154. The number of aromatic nitrogens is 1. The number of aryl methyl sites for hydroxylation is 1. The molecule has 0 atom stereocenters. The van der Waals surface area contributed by atoms with Crippen LogP contribution in [0.3, 0.4) is 0 Å². The second kappa shape index (κ2) is 9.30. The SMILES string of the molecule is Cc1cccc(OCC(=O)NN=Cc2cn(Cc3ccccc3)c3ccccc23)c1C. The van der Waals surface area contributed by atoms with Gasteiger partial charge in [0.05, 0.1) is 6.21 Å². The van der Waals surface area contributed by atoms with Crippen LogP contribution in [-0.4, -0.2) is 23.3 Å². The Kier molecular flexibility index (Phi) is 6.13. The molecule has 0 saturated heterocycles. The molecule has 5 heteroatoms. The van der Waals surface area contributed by atoms with Crippen molar-refractivity contribution in [3.63, 3.8) is 0 Å². The number of carbonyl (C=O) groups excluding carboxylic acids is 1. The molecule has 0 bridgehead atoms. The zero-order chi connectivity index (χ0) is 21.6. The minimum atomic E-state index is -0.301. The van der Waals surface area contributed by atoms with Crippen molar-refractivity contribution in [2.45, 2.75) is 20.4 Å². The van der Waals surface area contributed by atoms with E-state index in [0.29, 0.717) is 5.75 Å². The van der Waals surface area contributed by atoms with Gasteiger partial charge in [-0.15, -0.1) is 0 Å². The Balaban J connectivity index is 1.43. The summed E-state index contributed by atoms with van der Waals surface area (Å²) in [5, 5.41) is 5.23. The number of hydrogen-bond donors (Lipinski definition) is 1. The zero-order valence-corrected chi connectivity index (χ0v) is 17.7. The molecule has 0 spiro atoms. The van der Waals surface area contributed by atoms with Crippen molar-refractivity contribution in [2.24, 2.45) is 5.10 Å². The summed E-state index contributed by atoms with van der Waals surface area (Å²) in [5.74, 6) is 0.410. The summed E-state index contributed by atoms with van der Waals surface area (Å²) in [5.41, 5.74) is 8.01. The van der Waals surface area contributed by atoms with Crippen molar-refractivity contribution in [3.05, 3.63) is 101 Å². The van der Waals surface area contributed by atoms with Gasteiger partial charge in [0.1, 0.15) is 5.75 Å². The Hall–Kier alpha value is -3.86. The van der Waals surface area contributed by atoms with Gasteiger partial charge in [0.2, 0.25) is 0 Å². The number of rotatable bonds is 7. The number of ether oxygens (including phenoxy) is 1. The molecule has 1 aromatic heterocycles. The first-order valence-corrected chi connectivity index (χ1v) is 10.2. The number of benzene rings is 3. The Bertz CT molecular complexity index is 1230. The molecule has 0 unspecified atom stereocenters. The van der Waals surface area contributed by atoms with Crippen LogP contribution in [0.5, 0.6) is 5.75 Å². The molecule has 5 nitrogen and oxygen atoms in total. The standard InChI is InChI=1S/C26H25N3O2/c1-19-9-8-14-25(20(19)2)31-18-26(30)28-27-15-22-17-29(16-21-10-4-3-5-11-21)24-13-7-6-12-23(22)24/h3-15,17H,16,18H2,1-2H3,(H,28,30). The van der Waals surface area contributed by atoms with Gasteiger partial charge < -0.3 is 9.30 Å². The van der Waals surface area contributed by atoms with E-state index in [4.69, 9.17) is 4.74 Å². The van der Waals surface area contributed by atoms with Crippen LogP contribution in [0, 0.1) is 13.8 Å². The molecular weight excluding hydrogens is 386 g/mol. The monoisotopic (exact) mass is 411 g/mol. The molecule has 1 heterocycles. The maximum atomic E-state index is 12.2. The highest BCUT2D eigenvalue weighted by atomic mass is 16.5. The van der Waals surface area contributed by atoms with Crippen molar-refractivity contribution in [1.82, 2.24) is 9.99 Å². The third kappa shape index (κ3) is 4.83. The first-order valence-electron chi connectivity index (χ1n) is 10.2. The summed E-state index contributed by atoms with van der Waals surface area (Å²) in [6.45, 7) is 4.68. The largest absolute Gasteiger partial charge is 0.483 e. The molecule has 3 aromatic carbocycles. The molecule has 31 heavy (non-hydrogen) atoms. The average molecular weight is 412 g/mol. The van der Waals surface area contributed by atoms with Gasteiger partial charge in [0.25, 0.3) is 5.91 Å². The third-order valence-electron chi connectivity index (χ3n) is 5.32. The van der Waals surface area contributed by atoms with E-state index in [1.807, 2.05) is 62.4 Å². The van der Waals surface area contributed by atoms with E-state index < -0.39 is 0 Å². The van der Waals surface area contributed by atoms with E-state index in [1.165, 1.54) is 5.56 Å². The second-order valence-corrected chi connectivity index (χ2v) is 7.49. The molecule has 4 rings (SSSR count). The highest BCUT2D eigenvalue weighted by Crippen LogP contribution is 2.22. The van der Waals surface area contributed by atoms with Crippen LogP contribution in [0.2, 0.25) is 0 Å². The lowest BCUT2D eigenvalue weighted by Gasteiger charge is -2.09. The zero-order valence-electron chi connectivity index (χ0n) is 17.7. The van der Waals surface area contributed by atoms with Gasteiger partial charge in [-0.2, -0.15) is 5.10 Å². The first kappa shape index (κ1) is 20.4. The minimum Gasteiger partial charge on any atom is -0.483 e.